The number of hydrogen-bond donors (Lipinski definition) is 2. The van der Waals surface area contributed by atoms with Crippen LogP contribution in [0.25, 0.3) is 0 Å². The summed E-state index contributed by atoms with van der Waals surface area (Å²) >= 11 is 1.58. The van der Waals surface area contributed by atoms with Crippen molar-refractivity contribution in [3.8, 4) is 0 Å². The van der Waals surface area contributed by atoms with Gasteiger partial charge >= 0.3 is 0 Å². The molecule has 0 heterocycles. The van der Waals surface area contributed by atoms with E-state index >= 15 is 0 Å². The summed E-state index contributed by atoms with van der Waals surface area (Å²) < 4.78 is 12.8. The van der Waals surface area contributed by atoms with Crippen molar-refractivity contribution in [2.45, 2.75) is 6.42 Å². The van der Waals surface area contributed by atoms with Crippen LogP contribution in [0.5, 0.6) is 0 Å². The van der Waals surface area contributed by atoms with Gasteiger partial charge in [0.05, 0.1) is 11.4 Å². The highest BCUT2D eigenvalue weighted by Crippen LogP contribution is 2.19. The van der Waals surface area contributed by atoms with Gasteiger partial charge < -0.3 is 11.1 Å². The number of carbonyl (C=O) groups excluding carboxylic acids is 1. The van der Waals surface area contributed by atoms with E-state index in [2.05, 4.69) is 5.32 Å². The Labute approximate surface area is 92.2 Å². The van der Waals surface area contributed by atoms with E-state index in [1.165, 1.54) is 18.2 Å². The molecule has 0 bridgehead atoms. The van der Waals surface area contributed by atoms with E-state index < -0.39 is 5.82 Å². The molecule has 0 saturated heterocycles. The second-order valence-corrected chi connectivity index (χ2v) is 4.01. The normalized spacial score (nSPS) is 10.0. The van der Waals surface area contributed by atoms with Crippen LogP contribution in [-0.4, -0.2) is 17.9 Å². The van der Waals surface area contributed by atoms with Crippen LogP contribution in [0.2, 0.25) is 0 Å². The molecule has 0 aliphatic rings. The molecule has 3 N–H and O–H groups in total. The number of rotatable bonds is 4. The van der Waals surface area contributed by atoms with Crippen molar-refractivity contribution >= 4 is 29.0 Å². The first-order valence-corrected chi connectivity index (χ1v) is 5.86. The van der Waals surface area contributed by atoms with Gasteiger partial charge in [-0.15, -0.1) is 0 Å². The number of nitrogens with one attached hydrogen (secondary N) is 1. The van der Waals surface area contributed by atoms with Gasteiger partial charge in [-0.3, -0.25) is 4.79 Å². The van der Waals surface area contributed by atoms with E-state index in [-0.39, 0.29) is 5.91 Å². The summed E-state index contributed by atoms with van der Waals surface area (Å²) in [5.74, 6) is 0.173. The van der Waals surface area contributed by atoms with E-state index in [0.717, 1.165) is 5.75 Å². The van der Waals surface area contributed by atoms with Crippen LogP contribution in [0.15, 0.2) is 18.2 Å². The Hall–Kier alpha value is -1.23. The number of carbonyl (C=O) groups is 1. The van der Waals surface area contributed by atoms with Crippen LogP contribution < -0.4 is 11.1 Å². The molecule has 5 heteroatoms. The standard InChI is InChI=1S/C10H13FN2OS/c1-15-5-4-10(14)13-9-6-7(11)2-3-8(9)12/h2-3,6H,4-5,12H2,1H3,(H,13,14). The van der Waals surface area contributed by atoms with Crippen molar-refractivity contribution in [1.29, 1.82) is 0 Å². The van der Waals surface area contributed by atoms with Crippen molar-refractivity contribution < 1.29 is 9.18 Å². The van der Waals surface area contributed by atoms with Crippen molar-refractivity contribution in [3.05, 3.63) is 24.0 Å². The lowest BCUT2D eigenvalue weighted by atomic mass is 10.2. The molecule has 3 nitrogen and oxygen atoms in total. The fourth-order valence-electron chi connectivity index (χ4n) is 1.04. The zero-order valence-corrected chi connectivity index (χ0v) is 9.23. The quantitative estimate of drug-likeness (QED) is 0.776. The highest BCUT2D eigenvalue weighted by molar-refractivity contribution is 7.98. The maximum Gasteiger partial charge on any atom is 0.225 e. The molecule has 82 valence electrons. The summed E-state index contributed by atoms with van der Waals surface area (Å²) in [6.45, 7) is 0. The van der Waals surface area contributed by atoms with E-state index in [0.29, 0.717) is 17.8 Å². The average molecular weight is 228 g/mol. The smallest absolute Gasteiger partial charge is 0.225 e. The minimum Gasteiger partial charge on any atom is -0.397 e. The van der Waals surface area contributed by atoms with E-state index in [1.807, 2.05) is 6.26 Å². The summed E-state index contributed by atoms with van der Waals surface area (Å²) in [6.07, 6.45) is 2.32. The second kappa shape index (κ2) is 5.60. The first-order chi connectivity index (χ1) is 7.13. The summed E-state index contributed by atoms with van der Waals surface area (Å²) in [6, 6.07) is 3.90. The molecule has 0 radical (unpaired) electrons. The van der Waals surface area contributed by atoms with E-state index in [9.17, 15) is 9.18 Å². The molecule has 0 atom stereocenters. The molecule has 1 aromatic rings. The molecular weight excluding hydrogens is 215 g/mol. The van der Waals surface area contributed by atoms with Crippen LogP contribution in [-0.2, 0) is 4.79 Å². The Morgan fingerprint density at radius 3 is 3.00 bits per heavy atom. The van der Waals surface area contributed by atoms with Crippen LogP contribution in [0.1, 0.15) is 6.42 Å². The maximum atomic E-state index is 12.8. The van der Waals surface area contributed by atoms with E-state index in [1.54, 1.807) is 11.8 Å². The van der Waals surface area contributed by atoms with Crippen LogP contribution in [0, 0.1) is 5.82 Å². The molecule has 0 fully saturated rings. The fourth-order valence-corrected chi connectivity index (χ4v) is 1.43. The zero-order valence-electron chi connectivity index (χ0n) is 8.42. The average Bonchev–Trinajstić information content (AvgIpc) is 2.20. The molecule has 0 unspecified atom stereocenters. The zero-order chi connectivity index (χ0) is 11.3. The Morgan fingerprint density at radius 2 is 2.33 bits per heavy atom. The van der Waals surface area contributed by atoms with Gasteiger partial charge in [0.15, 0.2) is 0 Å². The lowest BCUT2D eigenvalue weighted by molar-refractivity contribution is -0.115. The number of amides is 1. The van der Waals surface area contributed by atoms with Gasteiger partial charge in [-0.2, -0.15) is 11.8 Å². The lowest BCUT2D eigenvalue weighted by Gasteiger charge is -2.07. The molecule has 1 amide bonds. The number of nitrogens with two attached hydrogens (primary N) is 1. The van der Waals surface area contributed by atoms with Crippen molar-refractivity contribution in [2.24, 2.45) is 0 Å². The Balaban J connectivity index is 2.63. The first-order valence-electron chi connectivity index (χ1n) is 4.47. The molecule has 1 aromatic carbocycles. The minimum atomic E-state index is -0.413. The summed E-state index contributed by atoms with van der Waals surface area (Å²) in [5.41, 5.74) is 6.28. The van der Waals surface area contributed by atoms with Crippen LogP contribution >= 0.6 is 11.8 Å². The molecule has 0 spiro atoms. The van der Waals surface area contributed by atoms with Crippen LogP contribution in [0.3, 0.4) is 0 Å². The molecule has 0 saturated carbocycles. The number of benzene rings is 1. The fraction of sp³-hybridized carbons (Fsp3) is 0.300. The summed E-state index contributed by atoms with van der Waals surface area (Å²) in [7, 11) is 0. The third-order valence-electron chi connectivity index (χ3n) is 1.82. The number of hydrogen-bond acceptors (Lipinski definition) is 3. The Bertz CT molecular complexity index is 357. The predicted molar refractivity (Wildman–Crippen MR) is 62.4 cm³/mol. The Morgan fingerprint density at radius 1 is 1.60 bits per heavy atom. The van der Waals surface area contributed by atoms with Crippen molar-refractivity contribution in [2.75, 3.05) is 23.1 Å². The van der Waals surface area contributed by atoms with Crippen molar-refractivity contribution in [1.82, 2.24) is 0 Å². The third kappa shape index (κ3) is 3.79. The second-order valence-electron chi connectivity index (χ2n) is 3.02. The van der Waals surface area contributed by atoms with Gasteiger partial charge in [0.2, 0.25) is 5.91 Å². The number of nitrogen functional groups attached to an aromatic ring is 1. The van der Waals surface area contributed by atoms with E-state index in [4.69, 9.17) is 5.73 Å². The van der Waals surface area contributed by atoms with Gasteiger partial charge in [-0.05, 0) is 24.5 Å². The molecular formula is C10H13FN2OS. The topological polar surface area (TPSA) is 55.1 Å². The lowest BCUT2D eigenvalue weighted by Crippen LogP contribution is -2.13. The number of thioether (sulfide) groups is 1. The monoisotopic (exact) mass is 228 g/mol. The molecule has 0 aromatic heterocycles. The summed E-state index contributed by atoms with van der Waals surface area (Å²) in [4.78, 5) is 11.3. The first kappa shape index (κ1) is 11.8. The molecule has 1 rings (SSSR count). The highest BCUT2D eigenvalue weighted by Gasteiger charge is 2.05. The Kier molecular flexibility index (Phi) is 4.42. The predicted octanol–water partition coefficient (Wildman–Crippen LogP) is 2.10. The van der Waals surface area contributed by atoms with Gasteiger partial charge in [0.25, 0.3) is 0 Å². The summed E-state index contributed by atoms with van der Waals surface area (Å²) in [5, 5.41) is 2.57. The molecule has 0 aliphatic heterocycles. The van der Waals surface area contributed by atoms with Gasteiger partial charge in [0.1, 0.15) is 5.82 Å². The van der Waals surface area contributed by atoms with Gasteiger partial charge in [-0.25, -0.2) is 4.39 Å². The molecule has 15 heavy (non-hydrogen) atoms. The highest BCUT2D eigenvalue weighted by atomic mass is 32.2. The SMILES string of the molecule is CSCCC(=O)Nc1cc(F)ccc1N. The van der Waals surface area contributed by atoms with Gasteiger partial charge in [-0.1, -0.05) is 0 Å². The number of anilines is 2. The third-order valence-corrected chi connectivity index (χ3v) is 2.44. The number of halogens is 1. The minimum absolute atomic E-state index is 0.151. The molecule has 0 aliphatic carbocycles. The van der Waals surface area contributed by atoms with Crippen molar-refractivity contribution in [3.63, 3.8) is 0 Å². The largest absolute Gasteiger partial charge is 0.397 e. The maximum absolute atomic E-state index is 12.8. The van der Waals surface area contributed by atoms with Crippen LogP contribution in [0.4, 0.5) is 15.8 Å². The van der Waals surface area contributed by atoms with Gasteiger partial charge in [0, 0.05) is 12.2 Å².